The van der Waals surface area contributed by atoms with Gasteiger partial charge in [0.15, 0.2) is 5.13 Å². The van der Waals surface area contributed by atoms with E-state index in [1.54, 1.807) is 35.2 Å². The quantitative estimate of drug-likeness (QED) is 0.354. The molecule has 3 aromatic rings. The third kappa shape index (κ3) is 7.17. The number of aromatic nitrogens is 1. The molecule has 0 fully saturated rings. The van der Waals surface area contributed by atoms with Crippen LogP contribution in [-0.2, 0) is 4.79 Å². The van der Waals surface area contributed by atoms with E-state index in [9.17, 15) is 9.18 Å². The highest BCUT2D eigenvalue weighted by molar-refractivity contribution is 7.99. The van der Waals surface area contributed by atoms with Crippen LogP contribution < -0.4 is 4.90 Å². The first-order valence-corrected chi connectivity index (χ1v) is 11.8. The van der Waals surface area contributed by atoms with Crippen LogP contribution in [0.2, 0.25) is 0 Å². The number of thiazole rings is 1. The molecule has 3 rings (SSSR count). The first-order chi connectivity index (χ1) is 14.3. The van der Waals surface area contributed by atoms with E-state index in [4.69, 9.17) is 4.98 Å². The highest BCUT2D eigenvalue weighted by Gasteiger charge is 2.20. The molecule has 168 valence electrons. The van der Waals surface area contributed by atoms with E-state index >= 15 is 0 Å². The zero-order chi connectivity index (χ0) is 21.7. The highest BCUT2D eigenvalue weighted by atomic mass is 35.5. The molecule has 0 N–H and O–H groups in total. The van der Waals surface area contributed by atoms with Crippen LogP contribution in [0.3, 0.4) is 0 Å². The van der Waals surface area contributed by atoms with Crippen LogP contribution in [0.15, 0.2) is 41.3 Å². The van der Waals surface area contributed by atoms with E-state index in [0.29, 0.717) is 18.7 Å². The number of thioether (sulfide) groups is 1. The minimum absolute atomic E-state index is 0. The minimum Gasteiger partial charge on any atom is -0.309 e. The molecule has 2 aromatic carbocycles. The Balaban J connectivity index is 0.00000341. The second-order valence-corrected chi connectivity index (χ2v) is 9.83. The topological polar surface area (TPSA) is 36.4 Å². The first-order valence-electron chi connectivity index (χ1n) is 10.0. The Morgan fingerprint density at radius 2 is 1.84 bits per heavy atom. The molecule has 0 aliphatic carbocycles. The van der Waals surface area contributed by atoms with Crippen LogP contribution in [0.4, 0.5) is 9.52 Å². The summed E-state index contributed by atoms with van der Waals surface area (Å²) < 4.78 is 14.2. The number of halogens is 2. The monoisotopic (exact) mass is 481 g/mol. The van der Waals surface area contributed by atoms with Gasteiger partial charge in [-0.3, -0.25) is 9.69 Å². The summed E-state index contributed by atoms with van der Waals surface area (Å²) in [6.45, 7) is 5.72. The average Bonchev–Trinajstić information content (AvgIpc) is 3.10. The smallest absolute Gasteiger partial charge is 0.229 e. The number of fused-ring (bicyclic) bond motifs is 1. The molecule has 1 heterocycles. The number of hydrogen-bond acceptors (Lipinski definition) is 5. The number of carbonyl (C=O) groups is 1. The number of benzene rings is 2. The van der Waals surface area contributed by atoms with Gasteiger partial charge in [0.25, 0.3) is 0 Å². The lowest BCUT2D eigenvalue weighted by Gasteiger charge is -2.21. The van der Waals surface area contributed by atoms with Crippen molar-refractivity contribution in [1.82, 2.24) is 9.88 Å². The molecule has 0 bridgehead atoms. The molecule has 0 aliphatic heterocycles. The molecule has 31 heavy (non-hydrogen) atoms. The number of hydrogen-bond donors (Lipinski definition) is 0. The maximum atomic E-state index is 13.1. The molecule has 8 heteroatoms. The van der Waals surface area contributed by atoms with Crippen LogP contribution >= 0.6 is 35.5 Å². The van der Waals surface area contributed by atoms with Gasteiger partial charge in [-0.05, 0) is 82.4 Å². The van der Waals surface area contributed by atoms with Crippen LogP contribution in [0.5, 0.6) is 0 Å². The number of rotatable bonds is 9. The van der Waals surface area contributed by atoms with Crippen molar-refractivity contribution in [1.29, 1.82) is 0 Å². The largest absolute Gasteiger partial charge is 0.309 e. The van der Waals surface area contributed by atoms with Gasteiger partial charge >= 0.3 is 0 Å². The van der Waals surface area contributed by atoms with Gasteiger partial charge in [-0.1, -0.05) is 17.4 Å². The fraction of sp³-hybridized carbons (Fsp3) is 0.391. The number of aryl methyl sites for hydroxylation is 2. The Morgan fingerprint density at radius 1 is 1.13 bits per heavy atom. The Bertz CT molecular complexity index is 1010. The zero-order valence-corrected chi connectivity index (χ0v) is 20.8. The summed E-state index contributed by atoms with van der Waals surface area (Å²) in [7, 11) is 4.07. The summed E-state index contributed by atoms with van der Waals surface area (Å²) in [5.74, 6) is 0.484. The van der Waals surface area contributed by atoms with Gasteiger partial charge in [-0.15, -0.1) is 24.2 Å². The van der Waals surface area contributed by atoms with Crippen molar-refractivity contribution >= 4 is 56.8 Å². The third-order valence-corrected chi connectivity index (χ3v) is 6.97. The minimum atomic E-state index is -0.246. The number of carbonyl (C=O) groups excluding carboxylic acids is 1. The summed E-state index contributed by atoms with van der Waals surface area (Å²) >= 11 is 3.16. The standard InChI is InChI=1S/C23H28FN3OS2.ClH/c1-16-14-17(2)22-20(15-16)25-23(30-22)27(12-5-11-26(3)4)21(28)10-13-29-19-8-6-18(24)7-9-19;/h6-9,14-15H,5,10-13H2,1-4H3;1H. The van der Waals surface area contributed by atoms with Crippen molar-refractivity contribution in [3.05, 3.63) is 53.3 Å². The Hall–Kier alpha value is -1.67. The SMILES string of the molecule is Cc1cc(C)c2sc(N(CCCN(C)C)C(=O)CCSc3ccc(F)cc3)nc2c1.Cl. The molecule has 1 aromatic heterocycles. The van der Waals surface area contributed by atoms with Crippen molar-refractivity contribution < 1.29 is 9.18 Å². The van der Waals surface area contributed by atoms with E-state index in [1.165, 1.54) is 23.3 Å². The van der Waals surface area contributed by atoms with Crippen LogP contribution in [0.1, 0.15) is 24.0 Å². The van der Waals surface area contributed by atoms with Crippen molar-refractivity contribution in [3.63, 3.8) is 0 Å². The number of nitrogens with zero attached hydrogens (tertiary/aromatic N) is 3. The fourth-order valence-electron chi connectivity index (χ4n) is 3.27. The molecule has 0 atom stereocenters. The second kappa shape index (κ2) is 11.8. The first kappa shape index (κ1) is 25.6. The molecule has 0 aliphatic rings. The lowest BCUT2D eigenvalue weighted by molar-refractivity contribution is -0.118. The molecule has 0 saturated carbocycles. The van der Waals surface area contributed by atoms with Crippen molar-refractivity contribution in [3.8, 4) is 0 Å². The molecule has 0 unspecified atom stereocenters. The molecule has 1 amide bonds. The summed E-state index contributed by atoms with van der Waals surface area (Å²) in [5, 5.41) is 0.772. The Kier molecular flexibility index (Phi) is 9.75. The van der Waals surface area contributed by atoms with E-state index in [0.717, 1.165) is 33.2 Å². The molecule has 0 spiro atoms. The van der Waals surface area contributed by atoms with E-state index in [1.807, 2.05) is 19.0 Å². The summed E-state index contributed by atoms with van der Waals surface area (Å²) in [6, 6.07) is 10.6. The third-order valence-electron chi connectivity index (χ3n) is 4.73. The van der Waals surface area contributed by atoms with Gasteiger partial charge in [0.05, 0.1) is 10.2 Å². The second-order valence-electron chi connectivity index (χ2n) is 7.68. The predicted molar refractivity (Wildman–Crippen MR) is 134 cm³/mol. The normalized spacial score (nSPS) is 11.0. The van der Waals surface area contributed by atoms with E-state index in [2.05, 4.69) is 30.9 Å². The van der Waals surface area contributed by atoms with E-state index in [-0.39, 0.29) is 24.1 Å². The molecule has 4 nitrogen and oxygen atoms in total. The van der Waals surface area contributed by atoms with Crippen molar-refractivity contribution in [2.24, 2.45) is 0 Å². The predicted octanol–water partition coefficient (Wildman–Crippen LogP) is 5.94. The van der Waals surface area contributed by atoms with Gasteiger partial charge in [0, 0.05) is 23.6 Å². The molecular weight excluding hydrogens is 453 g/mol. The zero-order valence-electron chi connectivity index (χ0n) is 18.4. The van der Waals surface area contributed by atoms with Crippen LogP contribution in [0, 0.1) is 19.7 Å². The average molecular weight is 482 g/mol. The van der Waals surface area contributed by atoms with Crippen molar-refractivity contribution in [2.45, 2.75) is 31.6 Å². The molecule has 0 radical (unpaired) electrons. The highest BCUT2D eigenvalue weighted by Crippen LogP contribution is 2.32. The van der Waals surface area contributed by atoms with Crippen LogP contribution in [0.25, 0.3) is 10.2 Å². The Labute approximate surface area is 198 Å². The summed E-state index contributed by atoms with van der Waals surface area (Å²) in [6.07, 6.45) is 1.30. The lowest BCUT2D eigenvalue weighted by atomic mass is 10.1. The fourth-order valence-corrected chi connectivity index (χ4v) is 5.17. The number of amides is 1. The van der Waals surface area contributed by atoms with Crippen LogP contribution in [-0.4, -0.2) is 48.7 Å². The van der Waals surface area contributed by atoms with Gasteiger partial charge in [-0.2, -0.15) is 0 Å². The maximum Gasteiger partial charge on any atom is 0.229 e. The maximum absolute atomic E-state index is 13.1. The van der Waals surface area contributed by atoms with Gasteiger partial charge < -0.3 is 4.90 Å². The van der Waals surface area contributed by atoms with Gasteiger partial charge in [-0.25, -0.2) is 9.37 Å². The molecule has 0 saturated heterocycles. The summed E-state index contributed by atoms with van der Waals surface area (Å²) in [4.78, 5) is 22.8. The lowest BCUT2D eigenvalue weighted by Crippen LogP contribution is -2.33. The number of anilines is 1. The van der Waals surface area contributed by atoms with Crippen molar-refractivity contribution in [2.75, 3.05) is 37.8 Å². The Morgan fingerprint density at radius 3 is 2.52 bits per heavy atom. The molecular formula is C23H29ClFN3OS2. The van der Waals surface area contributed by atoms with E-state index < -0.39 is 0 Å². The van der Waals surface area contributed by atoms with Gasteiger partial charge in [0.1, 0.15) is 5.82 Å². The van der Waals surface area contributed by atoms with Gasteiger partial charge in [0.2, 0.25) is 5.91 Å². The summed E-state index contributed by atoms with van der Waals surface area (Å²) in [5.41, 5.74) is 3.33.